The van der Waals surface area contributed by atoms with Crippen LogP contribution in [0, 0.1) is 0 Å². The molecule has 3 aromatic rings. The molecule has 6 nitrogen and oxygen atoms in total. The molecule has 0 spiro atoms. The van der Waals surface area contributed by atoms with Crippen LogP contribution < -0.4 is 4.74 Å². The molecule has 3 rings (SSSR count). The number of esters is 1. The first-order valence-corrected chi connectivity index (χ1v) is 8.34. The molecule has 0 N–H and O–H groups in total. The smallest absolute Gasteiger partial charge is 0.416 e. The standard InChI is InChI=1S/C20H15F3N2O4/c1-27-16-8-6-14(7-9-16)19-24-17(29-25-19)12-28-18(26)10-5-13-3-2-4-15(11-13)20(21,22)23/h2-11H,12H2,1H3/b10-5+. The van der Waals surface area contributed by atoms with Gasteiger partial charge in [0.25, 0.3) is 5.89 Å². The highest BCUT2D eigenvalue weighted by Gasteiger charge is 2.30. The number of halogens is 3. The molecule has 9 heteroatoms. The van der Waals surface area contributed by atoms with Gasteiger partial charge in [0.05, 0.1) is 12.7 Å². The lowest BCUT2D eigenvalue weighted by Gasteiger charge is -2.06. The Bertz CT molecular complexity index is 1010. The van der Waals surface area contributed by atoms with Gasteiger partial charge in [0.15, 0.2) is 6.61 Å². The summed E-state index contributed by atoms with van der Waals surface area (Å²) >= 11 is 0. The van der Waals surface area contributed by atoms with Crippen LogP contribution in [0.1, 0.15) is 17.0 Å². The lowest BCUT2D eigenvalue weighted by Crippen LogP contribution is -2.04. The van der Waals surface area contributed by atoms with Crippen LogP contribution in [0.5, 0.6) is 5.75 Å². The predicted octanol–water partition coefficient (Wildman–Crippen LogP) is 4.52. The summed E-state index contributed by atoms with van der Waals surface area (Å²) in [7, 11) is 1.55. The van der Waals surface area contributed by atoms with Gasteiger partial charge in [0, 0.05) is 11.6 Å². The normalized spacial score (nSPS) is 11.6. The van der Waals surface area contributed by atoms with Crippen molar-refractivity contribution in [3.63, 3.8) is 0 Å². The molecule has 0 radical (unpaired) electrons. The lowest BCUT2D eigenvalue weighted by atomic mass is 10.1. The van der Waals surface area contributed by atoms with E-state index < -0.39 is 17.7 Å². The molecule has 0 aliphatic rings. The number of hydrogen-bond donors (Lipinski definition) is 0. The van der Waals surface area contributed by atoms with Crippen molar-refractivity contribution < 1.29 is 32.0 Å². The summed E-state index contributed by atoms with van der Waals surface area (Å²) in [6.45, 7) is -0.269. The first-order valence-electron chi connectivity index (χ1n) is 8.34. The van der Waals surface area contributed by atoms with Gasteiger partial charge in [-0.2, -0.15) is 18.2 Å². The molecule has 0 aliphatic heterocycles. The third-order valence-electron chi connectivity index (χ3n) is 3.78. The summed E-state index contributed by atoms with van der Waals surface area (Å²) in [5.41, 5.74) is 0.109. The van der Waals surface area contributed by atoms with Gasteiger partial charge in [-0.25, -0.2) is 4.79 Å². The summed E-state index contributed by atoms with van der Waals surface area (Å²) in [4.78, 5) is 15.9. The minimum absolute atomic E-state index is 0.0802. The molecule has 0 aliphatic carbocycles. The summed E-state index contributed by atoms with van der Waals surface area (Å²) in [5.74, 6) is 0.320. The Morgan fingerprint density at radius 3 is 2.62 bits per heavy atom. The molecule has 0 bridgehead atoms. The minimum atomic E-state index is -4.45. The molecule has 1 aromatic heterocycles. The number of alkyl halides is 3. The van der Waals surface area contributed by atoms with E-state index in [1.807, 2.05) is 0 Å². The fourth-order valence-electron chi connectivity index (χ4n) is 2.33. The molecular formula is C20H15F3N2O4. The van der Waals surface area contributed by atoms with Gasteiger partial charge in [-0.05, 0) is 48.0 Å². The molecule has 1 heterocycles. The van der Waals surface area contributed by atoms with Crippen molar-refractivity contribution in [1.82, 2.24) is 10.1 Å². The van der Waals surface area contributed by atoms with E-state index in [0.717, 1.165) is 18.2 Å². The Morgan fingerprint density at radius 1 is 1.17 bits per heavy atom. The Balaban J connectivity index is 1.57. The number of carbonyl (C=O) groups is 1. The fraction of sp³-hybridized carbons (Fsp3) is 0.150. The van der Waals surface area contributed by atoms with Crippen LogP contribution in [0.3, 0.4) is 0 Å². The van der Waals surface area contributed by atoms with Crippen LogP contribution in [0.15, 0.2) is 59.1 Å². The van der Waals surface area contributed by atoms with E-state index in [2.05, 4.69) is 10.1 Å². The van der Waals surface area contributed by atoms with Gasteiger partial charge in [0.2, 0.25) is 5.82 Å². The lowest BCUT2D eigenvalue weighted by molar-refractivity contribution is -0.139. The zero-order chi connectivity index (χ0) is 20.9. The van der Waals surface area contributed by atoms with Gasteiger partial charge in [-0.3, -0.25) is 0 Å². The van der Waals surface area contributed by atoms with E-state index in [9.17, 15) is 18.0 Å². The molecule has 2 aromatic carbocycles. The van der Waals surface area contributed by atoms with Crippen molar-refractivity contribution in [3.8, 4) is 17.1 Å². The maximum absolute atomic E-state index is 12.7. The van der Waals surface area contributed by atoms with Gasteiger partial charge < -0.3 is 14.0 Å². The second-order valence-corrected chi connectivity index (χ2v) is 5.80. The number of aromatic nitrogens is 2. The zero-order valence-electron chi connectivity index (χ0n) is 15.1. The van der Waals surface area contributed by atoms with E-state index >= 15 is 0 Å². The Morgan fingerprint density at radius 2 is 1.93 bits per heavy atom. The molecular weight excluding hydrogens is 389 g/mol. The molecule has 0 unspecified atom stereocenters. The minimum Gasteiger partial charge on any atom is -0.497 e. The van der Waals surface area contributed by atoms with Crippen LogP contribution in [-0.2, 0) is 22.3 Å². The summed E-state index contributed by atoms with van der Waals surface area (Å²) in [5, 5.41) is 3.80. The van der Waals surface area contributed by atoms with Crippen LogP contribution in [0.2, 0.25) is 0 Å². The second kappa shape index (κ2) is 8.59. The number of hydrogen-bond acceptors (Lipinski definition) is 6. The Labute approximate surface area is 163 Å². The highest BCUT2D eigenvalue weighted by atomic mass is 19.4. The maximum atomic E-state index is 12.7. The van der Waals surface area contributed by atoms with Gasteiger partial charge in [-0.1, -0.05) is 17.3 Å². The highest BCUT2D eigenvalue weighted by molar-refractivity contribution is 5.87. The topological polar surface area (TPSA) is 74.5 Å². The van der Waals surface area contributed by atoms with Crippen molar-refractivity contribution in [2.75, 3.05) is 7.11 Å². The van der Waals surface area contributed by atoms with Gasteiger partial charge in [0.1, 0.15) is 5.75 Å². The summed E-state index contributed by atoms with van der Waals surface area (Å²) in [6, 6.07) is 11.6. The highest BCUT2D eigenvalue weighted by Crippen LogP contribution is 2.29. The fourth-order valence-corrected chi connectivity index (χ4v) is 2.33. The molecule has 0 fully saturated rings. The number of methoxy groups -OCH3 is 1. The number of ether oxygens (including phenoxy) is 2. The van der Waals surface area contributed by atoms with Gasteiger partial charge in [-0.15, -0.1) is 0 Å². The molecule has 0 atom stereocenters. The quantitative estimate of drug-likeness (QED) is 0.444. The molecule has 150 valence electrons. The third kappa shape index (κ3) is 5.44. The van der Waals surface area contributed by atoms with Crippen molar-refractivity contribution in [3.05, 3.63) is 71.6 Å². The third-order valence-corrected chi connectivity index (χ3v) is 3.78. The van der Waals surface area contributed by atoms with E-state index in [1.54, 1.807) is 31.4 Å². The summed E-state index contributed by atoms with van der Waals surface area (Å²) < 4.78 is 53.1. The van der Waals surface area contributed by atoms with Crippen molar-refractivity contribution in [2.45, 2.75) is 12.8 Å². The predicted molar refractivity (Wildman–Crippen MR) is 96.6 cm³/mol. The SMILES string of the molecule is COc1ccc(-c2noc(COC(=O)/C=C/c3cccc(C(F)(F)F)c3)n2)cc1. The molecule has 0 saturated heterocycles. The summed E-state index contributed by atoms with van der Waals surface area (Å²) in [6.07, 6.45) is -2.20. The van der Waals surface area contributed by atoms with E-state index in [4.69, 9.17) is 14.0 Å². The average Bonchev–Trinajstić information content (AvgIpc) is 3.19. The van der Waals surface area contributed by atoms with E-state index in [0.29, 0.717) is 17.1 Å². The number of nitrogens with zero attached hydrogens (tertiary/aromatic N) is 2. The zero-order valence-corrected chi connectivity index (χ0v) is 15.1. The Hall–Kier alpha value is -3.62. The largest absolute Gasteiger partial charge is 0.497 e. The van der Waals surface area contributed by atoms with Crippen LogP contribution in [0.4, 0.5) is 13.2 Å². The monoisotopic (exact) mass is 404 g/mol. The van der Waals surface area contributed by atoms with Crippen molar-refractivity contribution >= 4 is 12.0 Å². The van der Waals surface area contributed by atoms with Crippen molar-refractivity contribution in [2.24, 2.45) is 0 Å². The van der Waals surface area contributed by atoms with E-state index in [-0.39, 0.29) is 18.1 Å². The van der Waals surface area contributed by atoms with Crippen LogP contribution >= 0.6 is 0 Å². The second-order valence-electron chi connectivity index (χ2n) is 5.80. The van der Waals surface area contributed by atoms with Crippen LogP contribution in [0.25, 0.3) is 17.5 Å². The average molecular weight is 404 g/mol. The molecule has 0 saturated carbocycles. The number of carbonyl (C=O) groups excluding carboxylic acids is 1. The number of rotatable bonds is 6. The number of benzene rings is 2. The first kappa shape index (κ1) is 20.1. The maximum Gasteiger partial charge on any atom is 0.416 e. The van der Waals surface area contributed by atoms with Crippen LogP contribution in [-0.4, -0.2) is 23.2 Å². The Kier molecular flexibility index (Phi) is 5.96. The molecule has 29 heavy (non-hydrogen) atoms. The van der Waals surface area contributed by atoms with Crippen molar-refractivity contribution in [1.29, 1.82) is 0 Å². The van der Waals surface area contributed by atoms with E-state index in [1.165, 1.54) is 18.2 Å². The molecule has 0 amide bonds. The first-order chi connectivity index (χ1) is 13.8. The van der Waals surface area contributed by atoms with Gasteiger partial charge >= 0.3 is 12.1 Å².